The van der Waals surface area contributed by atoms with Crippen LogP contribution in [0.25, 0.3) is 0 Å². The molecule has 6 nitrogen and oxygen atoms in total. The molecule has 0 aliphatic rings. The van der Waals surface area contributed by atoms with Crippen LogP contribution in [-0.4, -0.2) is 29.1 Å². The van der Waals surface area contributed by atoms with Crippen LogP contribution in [-0.2, 0) is 14.3 Å². The first-order valence-corrected chi connectivity index (χ1v) is 7.78. The van der Waals surface area contributed by atoms with Gasteiger partial charge in [0.05, 0.1) is 5.69 Å². The van der Waals surface area contributed by atoms with Crippen LogP contribution in [0.15, 0.2) is 42.6 Å². The molecule has 0 fully saturated rings. The first kappa shape index (κ1) is 18.7. The predicted molar refractivity (Wildman–Crippen MR) is 89.9 cm³/mol. The summed E-state index contributed by atoms with van der Waals surface area (Å²) in [5.41, 5.74) is 0.313. The topological polar surface area (TPSA) is 77.5 Å². The van der Waals surface area contributed by atoms with Gasteiger partial charge in [0.1, 0.15) is 11.6 Å². The molecule has 2 aromatic rings. The summed E-state index contributed by atoms with van der Waals surface area (Å²) in [7, 11) is 0. The second-order valence-electron chi connectivity index (χ2n) is 5.12. The highest BCUT2D eigenvalue weighted by Crippen LogP contribution is 2.18. The average Bonchev–Trinajstić information content (AvgIpc) is 2.58. The van der Waals surface area contributed by atoms with Gasteiger partial charge >= 0.3 is 5.97 Å². The van der Waals surface area contributed by atoms with Crippen LogP contribution in [0, 0.1) is 5.82 Å². The summed E-state index contributed by atoms with van der Waals surface area (Å²) in [5, 5.41) is 2.64. The Morgan fingerprint density at radius 2 is 1.84 bits per heavy atom. The van der Waals surface area contributed by atoms with E-state index < -0.39 is 29.9 Å². The third kappa shape index (κ3) is 5.42. The predicted octanol–water partition coefficient (Wildman–Crippen LogP) is 3.21. The number of esters is 1. The second-order valence-corrected chi connectivity index (χ2v) is 5.48. The molecule has 0 radical (unpaired) electrons. The maximum absolute atomic E-state index is 12.8. The summed E-state index contributed by atoms with van der Waals surface area (Å²) in [6.07, 6.45) is -0.554. The van der Waals surface area contributed by atoms with Crippen LogP contribution in [0.4, 0.5) is 10.1 Å². The van der Waals surface area contributed by atoms with E-state index in [2.05, 4.69) is 10.3 Å². The van der Waals surface area contributed by atoms with Gasteiger partial charge in [-0.3, -0.25) is 4.79 Å². The fraction of sp³-hybridized carbons (Fsp3) is 0.235. The molecule has 132 valence electrons. The number of pyridine rings is 1. The van der Waals surface area contributed by atoms with Crippen LogP contribution in [0.5, 0.6) is 5.75 Å². The number of anilines is 1. The third-order valence-electron chi connectivity index (χ3n) is 3.14. The smallest absolute Gasteiger partial charge is 0.347 e. The van der Waals surface area contributed by atoms with E-state index in [9.17, 15) is 14.0 Å². The van der Waals surface area contributed by atoms with E-state index in [0.29, 0.717) is 11.4 Å². The first-order chi connectivity index (χ1) is 11.9. The van der Waals surface area contributed by atoms with Gasteiger partial charge in [0.25, 0.3) is 5.91 Å². The molecular weight excluding hydrogens is 351 g/mol. The number of carbonyl (C=O) groups is 2. The molecule has 2 rings (SSSR count). The molecule has 0 saturated heterocycles. The van der Waals surface area contributed by atoms with Crippen molar-refractivity contribution in [1.82, 2.24) is 4.98 Å². The molecule has 1 amide bonds. The van der Waals surface area contributed by atoms with Crippen LogP contribution >= 0.6 is 11.6 Å². The van der Waals surface area contributed by atoms with Crippen molar-refractivity contribution in [2.45, 2.75) is 26.1 Å². The summed E-state index contributed by atoms with van der Waals surface area (Å²) in [6.45, 7) is 2.89. The lowest BCUT2D eigenvalue weighted by molar-refractivity contribution is -0.159. The maximum atomic E-state index is 12.8. The number of benzene rings is 1. The number of nitrogens with one attached hydrogen (secondary N) is 1. The minimum atomic E-state index is -1.07. The van der Waals surface area contributed by atoms with Crippen LogP contribution in [0.2, 0.25) is 5.15 Å². The monoisotopic (exact) mass is 366 g/mol. The molecule has 2 atom stereocenters. The van der Waals surface area contributed by atoms with E-state index in [4.69, 9.17) is 21.1 Å². The van der Waals surface area contributed by atoms with E-state index in [1.54, 1.807) is 12.1 Å². The first-order valence-electron chi connectivity index (χ1n) is 7.41. The van der Waals surface area contributed by atoms with E-state index in [0.717, 1.165) is 0 Å². The molecule has 1 N–H and O–H groups in total. The van der Waals surface area contributed by atoms with Gasteiger partial charge in [-0.25, -0.2) is 14.2 Å². The molecule has 0 bridgehead atoms. The Labute approximate surface area is 148 Å². The Hall–Kier alpha value is -2.67. The zero-order valence-corrected chi connectivity index (χ0v) is 14.3. The number of nitrogens with zero attached hydrogens (tertiary/aromatic N) is 1. The molecule has 25 heavy (non-hydrogen) atoms. The van der Waals surface area contributed by atoms with Gasteiger partial charge in [0, 0.05) is 6.20 Å². The Morgan fingerprint density at radius 1 is 1.16 bits per heavy atom. The average molecular weight is 367 g/mol. The molecule has 1 aromatic heterocycles. The maximum Gasteiger partial charge on any atom is 0.347 e. The van der Waals surface area contributed by atoms with Gasteiger partial charge in [-0.2, -0.15) is 0 Å². The highest BCUT2D eigenvalue weighted by atomic mass is 35.5. The van der Waals surface area contributed by atoms with Gasteiger partial charge in [-0.1, -0.05) is 11.6 Å². The highest BCUT2D eigenvalue weighted by Gasteiger charge is 2.23. The van der Waals surface area contributed by atoms with Crippen molar-refractivity contribution >= 4 is 29.2 Å². The largest absolute Gasteiger partial charge is 0.479 e. The van der Waals surface area contributed by atoms with E-state index in [-0.39, 0.29) is 5.15 Å². The molecule has 0 saturated carbocycles. The Bertz CT molecular complexity index is 755. The number of ether oxygens (including phenoxy) is 2. The van der Waals surface area contributed by atoms with Crippen LogP contribution < -0.4 is 10.1 Å². The molecule has 0 aliphatic heterocycles. The fourth-order valence-corrected chi connectivity index (χ4v) is 1.97. The zero-order chi connectivity index (χ0) is 18.4. The lowest BCUT2D eigenvalue weighted by Crippen LogP contribution is -2.35. The number of amides is 1. The lowest BCUT2D eigenvalue weighted by atomic mass is 10.3. The van der Waals surface area contributed by atoms with Crippen molar-refractivity contribution in [2.75, 3.05) is 5.32 Å². The molecule has 1 aromatic carbocycles. The minimum absolute atomic E-state index is 0.127. The molecule has 0 spiro atoms. The summed E-state index contributed by atoms with van der Waals surface area (Å²) >= 11 is 5.85. The number of aromatic nitrogens is 1. The summed E-state index contributed by atoms with van der Waals surface area (Å²) in [6, 6.07) is 8.38. The minimum Gasteiger partial charge on any atom is -0.479 e. The van der Waals surface area contributed by atoms with Gasteiger partial charge in [0.2, 0.25) is 0 Å². The van der Waals surface area contributed by atoms with Crippen molar-refractivity contribution in [3.63, 3.8) is 0 Å². The lowest BCUT2D eigenvalue weighted by Gasteiger charge is -2.18. The summed E-state index contributed by atoms with van der Waals surface area (Å²) in [4.78, 5) is 27.9. The third-order valence-corrected chi connectivity index (χ3v) is 3.44. The Balaban J connectivity index is 1.89. The Kier molecular flexibility index (Phi) is 6.30. The summed E-state index contributed by atoms with van der Waals surface area (Å²) < 4.78 is 23.3. The second kappa shape index (κ2) is 8.43. The van der Waals surface area contributed by atoms with E-state index in [1.165, 1.54) is 44.3 Å². The molecule has 8 heteroatoms. The van der Waals surface area contributed by atoms with Gasteiger partial charge in [-0.05, 0) is 50.2 Å². The standard InChI is InChI=1S/C17H16ClFN2O4/c1-10(16(22)21-14-4-3-9-20-15(14)18)25-17(23)11(2)24-13-7-5-12(19)6-8-13/h3-11H,1-2H3,(H,21,22)/t10-,11+/m1/s1. The van der Waals surface area contributed by atoms with Crippen molar-refractivity contribution in [3.05, 3.63) is 53.6 Å². The normalized spacial score (nSPS) is 12.8. The van der Waals surface area contributed by atoms with Crippen molar-refractivity contribution < 1.29 is 23.5 Å². The molecule has 0 unspecified atom stereocenters. The quantitative estimate of drug-likeness (QED) is 0.627. The van der Waals surface area contributed by atoms with E-state index in [1.807, 2.05) is 0 Å². The molecule has 0 aliphatic carbocycles. The number of rotatable bonds is 6. The van der Waals surface area contributed by atoms with Gasteiger partial charge in [-0.15, -0.1) is 0 Å². The van der Waals surface area contributed by atoms with E-state index >= 15 is 0 Å². The number of hydrogen-bond donors (Lipinski definition) is 1. The summed E-state index contributed by atoms with van der Waals surface area (Å²) in [5.74, 6) is -1.39. The number of carbonyl (C=O) groups excluding carboxylic acids is 2. The van der Waals surface area contributed by atoms with Gasteiger partial charge in [0.15, 0.2) is 17.4 Å². The van der Waals surface area contributed by atoms with Crippen molar-refractivity contribution in [1.29, 1.82) is 0 Å². The zero-order valence-electron chi connectivity index (χ0n) is 13.5. The Morgan fingerprint density at radius 3 is 2.48 bits per heavy atom. The number of hydrogen-bond acceptors (Lipinski definition) is 5. The van der Waals surface area contributed by atoms with Crippen molar-refractivity contribution in [3.8, 4) is 5.75 Å². The van der Waals surface area contributed by atoms with Crippen molar-refractivity contribution in [2.24, 2.45) is 0 Å². The molecule has 1 heterocycles. The van der Waals surface area contributed by atoms with Crippen LogP contribution in [0.3, 0.4) is 0 Å². The SMILES string of the molecule is C[C@H](Oc1ccc(F)cc1)C(=O)O[C@H](C)C(=O)Nc1cccnc1Cl. The number of halogens is 2. The molecular formula is C17H16ClFN2O4. The highest BCUT2D eigenvalue weighted by molar-refractivity contribution is 6.32. The van der Waals surface area contributed by atoms with Crippen LogP contribution in [0.1, 0.15) is 13.8 Å². The fourth-order valence-electron chi connectivity index (χ4n) is 1.80. The van der Waals surface area contributed by atoms with Gasteiger partial charge < -0.3 is 14.8 Å².